The van der Waals surface area contributed by atoms with Crippen LogP contribution < -0.4 is 0 Å². The van der Waals surface area contributed by atoms with Crippen molar-refractivity contribution in [3.63, 3.8) is 0 Å². The van der Waals surface area contributed by atoms with E-state index in [-0.39, 0.29) is 0 Å². The molecule has 0 aromatic carbocycles. The number of hydrogen-bond acceptors (Lipinski definition) is 0. The van der Waals surface area contributed by atoms with Crippen molar-refractivity contribution in [2.75, 3.05) is 0 Å². The summed E-state index contributed by atoms with van der Waals surface area (Å²) >= 11 is 0. The molecule has 0 aliphatic carbocycles. The molecule has 141 valence electrons. The van der Waals surface area contributed by atoms with Crippen LogP contribution >= 0.6 is 0 Å². The molecule has 0 N–H and O–H groups in total. The Hall–Kier alpha value is -1.30. The molecule has 0 aliphatic rings. The average molecular weight is 342 g/mol. The van der Waals surface area contributed by atoms with E-state index in [2.05, 4.69) is 85.3 Å². The standard InChI is InChI=1S/C25H41/c1-21(2)13-10-17-23(5)15-8-9-16-24(6)19-12-20-25(7)18-11-14-22(3)4/h8,13-16,20H,9-12,17-19H2,1-7H3/b23-15+,24-16?,25-20?. The zero-order chi connectivity index (χ0) is 19.1. The Morgan fingerprint density at radius 1 is 0.520 bits per heavy atom. The van der Waals surface area contributed by atoms with Crippen LogP contribution in [0.4, 0.5) is 0 Å². The third-order valence-corrected chi connectivity index (χ3v) is 4.22. The number of hydrogen-bond donors (Lipinski definition) is 0. The molecule has 0 atom stereocenters. The lowest BCUT2D eigenvalue weighted by atomic mass is 10.0. The molecule has 25 heavy (non-hydrogen) atoms. The van der Waals surface area contributed by atoms with Gasteiger partial charge in [-0.1, -0.05) is 58.2 Å². The van der Waals surface area contributed by atoms with Crippen LogP contribution in [-0.4, -0.2) is 0 Å². The Bertz CT molecular complexity index is 498. The highest BCUT2D eigenvalue weighted by Gasteiger charge is 1.93. The van der Waals surface area contributed by atoms with E-state index in [0.717, 1.165) is 12.8 Å². The summed E-state index contributed by atoms with van der Waals surface area (Å²) in [4.78, 5) is 0. The van der Waals surface area contributed by atoms with Crippen LogP contribution in [0.1, 0.15) is 93.4 Å². The van der Waals surface area contributed by atoms with Gasteiger partial charge in [-0.3, -0.25) is 0 Å². The predicted molar refractivity (Wildman–Crippen MR) is 117 cm³/mol. The molecule has 0 aromatic rings. The summed E-state index contributed by atoms with van der Waals surface area (Å²) in [5.41, 5.74) is 7.33. The van der Waals surface area contributed by atoms with Crippen LogP contribution in [0.3, 0.4) is 0 Å². The maximum atomic E-state index is 2.41. The Morgan fingerprint density at radius 2 is 0.960 bits per heavy atom. The molecule has 0 unspecified atom stereocenters. The molecular formula is C25H41. The molecule has 1 radical (unpaired) electrons. The molecule has 0 heteroatoms. The van der Waals surface area contributed by atoms with Crippen molar-refractivity contribution in [1.82, 2.24) is 0 Å². The van der Waals surface area contributed by atoms with Crippen LogP contribution in [0.15, 0.2) is 58.2 Å². The third kappa shape index (κ3) is 17.3. The minimum atomic E-state index is 1.05. The van der Waals surface area contributed by atoms with Crippen molar-refractivity contribution >= 4 is 0 Å². The second-order valence-corrected chi connectivity index (χ2v) is 7.76. The van der Waals surface area contributed by atoms with Gasteiger partial charge >= 0.3 is 0 Å². The van der Waals surface area contributed by atoms with Gasteiger partial charge < -0.3 is 0 Å². The fraction of sp³-hybridized carbons (Fsp3) is 0.560. The largest absolute Gasteiger partial charge is 0.0856 e. The Balaban J connectivity index is 3.98. The van der Waals surface area contributed by atoms with Crippen LogP contribution in [0.5, 0.6) is 0 Å². The van der Waals surface area contributed by atoms with E-state index >= 15 is 0 Å². The summed E-state index contributed by atoms with van der Waals surface area (Å²) in [5, 5.41) is 0. The summed E-state index contributed by atoms with van der Waals surface area (Å²) in [7, 11) is 0. The van der Waals surface area contributed by atoms with Crippen LogP contribution in [0, 0.1) is 6.42 Å². The number of unbranched alkanes of at least 4 members (excludes halogenated alkanes) is 1. The van der Waals surface area contributed by atoms with Crippen molar-refractivity contribution < 1.29 is 0 Å². The average Bonchev–Trinajstić information content (AvgIpc) is 2.51. The predicted octanol–water partition coefficient (Wildman–Crippen LogP) is 8.69. The van der Waals surface area contributed by atoms with Crippen LogP contribution in [-0.2, 0) is 0 Å². The minimum absolute atomic E-state index is 1.05. The third-order valence-electron chi connectivity index (χ3n) is 4.22. The maximum Gasteiger partial charge on any atom is -0.0130 e. The highest BCUT2D eigenvalue weighted by Crippen LogP contribution is 2.13. The van der Waals surface area contributed by atoms with Gasteiger partial charge in [0.2, 0.25) is 0 Å². The van der Waals surface area contributed by atoms with E-state index in [1.807, 2.05) is 0 Å². The van der Waals surface area contributed by atoms with Crippen molar-refractivity contribution in [2.45, 2.75) is 93.4 Å². The first kappa shape index (κ1) is 23.7. The Morgan fingerprint density at radius 3 is 1.48 bits per heavy atom. The smallest absolute Gasteiger partial charge is 0.0130 e. The normalized spacial score (nSPS) is 13.0. The van der Waals surface area contributed by atoms with E-state index in [9.17, 15) is 0 Å². The molecular weight excluding hydrogens is 300 g/mol. The Labute approximate surface area is 158 Å². The number of rotatable bonds is 12. The lowest BCUT2D eigenvalue weighted by Crippen LogP contribution is -1.82. The summed E-state index contributed by atoms with van der Waals surface area (Å²) in [6.07, 6.45) is 22.1. The monoisotopic (exact) mass is 341 g/mol. The van der Waals surface area contributed by atoms with E-state index in [4.69, 9.17) is 0 Å². The second-order valence-electron chi connectivity index (χ2n) is 7.76. The SMILES string of the molecule is CC(C)=CCCC(C)=CCCC(C)=CC[CH]/C=C(\C)CCC=C(C)C. The van der Waals surface area contributed by atoms with Crippen LogP contribution in [0.25, 0.3) is 0 Å². The zero-order valence-corrected chi connectivity index (χ0v) is 17.9. The van der Waals surface area contributed by atoms with Gasteiger partial charge in [-0.05, 0) is 99.8 Å². The fourth-order valence-electron chi connectivity index (χ4n) is 2.55. The van der Waals surface area contributed by atoms with Crippen molar-refractivity contribution in [3.05, 3.63) is 64.7 Å². The van der Waals surface area contributed by atoms with E-state index in [1.54, 1.807) is 0 Å². The van der Waals surface area contributed by atoms with E-state index in [1.165, 1.54) is 60.0 Å². The zero-order valence-electron chi connectivity index (χ0n) is 17.9. The van der Waals surface area contributed by atoms with Gasteiger partial charge in [0.1, 0.15) is 0 Å². The van der Waals surface area contributed by atoms with Crippen molar-refractivity contribution in [2.24, 2.45) is 0 Å². The molecule has 0 nitrogen and oxygen atoms in total. The van der Waals surface area contributed by atoms with Gasteiger partial charge in [0, 0.05) is 0 Å². The summed E-state index contributed by atoms with van der Waals surface area (Å²) in [6.45, 7) is 15.4. The Kier molecular flexibility index (Phi) is 14.2. The first-order chi connectivity index (χ1) is 11.8. The summed E-state index contributed by atoms with van der Waals surface area (Å²) < 4.78 is 0. The van der Waals surface area contributed by atoms with Gasteiger partial charge in [0.15, 0.2) is 0 Å². The topological polar surface area (TPSA) is 0 Å². The van der Waals surface area contributed by atoms with Crippen molar-refractivity contribution in [3.8, 4) is 0 Å². The van der Waals surface area contributed by atoms with E-state index in [0.29, 0.717) is 0 Å². The number of allylic oxidation sites excluding steroid dienone is 10. The first-order valence-corrected chi connectivity index (χ1v) is 9.88. The maximum absolute atomic E-state index is 2.41. The van der Waals surface area contributed by atoms with Gasteiger partial charge in [-0.2, -0.15) is 0 Å². The molecule has 0 rings (SSSR count). The summed E-state index contributed by atoms with van der Waals surface area (Å²) in [5.74, 6) is 0. The lowest BCUT2D eigenvalue weighted by molar-refractivity contribution is 0.914. The lowest BCUT2D eigenvalue weighted by Gasteiger charge is -2.02. The molecule has 0 aliphatic heterocycles. The molecule has 0 spiro atoms. The second kappa shape index (κ2) is 15.0. The van der Waals surface area contributed by atoms with Gasteiger partial charge in [0.25, 0.3) is 0 Å². The van der Waals surface area contributed by atoms with Gasteiger partial charge in [-0.15, -0.1) is 0 Å². The fourth-order valence-corrected chi connectivity index (χ4v) is 2.55. The molecule has 0 amide bonds. The van der Waals surface area contributed by atoms with E-state index < -0.39 is 0 Å². The quantitative estimate of drug-likeness (QED) is 0.246. The molecule has 0 fully saturated rings. The molecule has 0 heterocycles. The van der Waals surface area contributed by atoms with Crippen molar-refractivity contribution in [1.29, 1.82) is 0 Å². The molecule has 0 saturated heterocycles. The molecule has 0 aromatic heterocycles. The minimum Gasteiger partial charge on any atom is -0.0856 e. The van der Waals surface area contributed by atoms with Gasteiger partial charge in [0.05, 0.1) is 0 Å². The summed E-state index contributed by atoms with van der Waals surface area (Å²) in [6, 6.07) is 0. The molecule has 0 bridgehead atoms. The van der Waals surface area contributed by atoms with Crippen LogP contribution in [0.2, 0.25) is 0 Å². The first-order valence-electron chi connectivity index (χ1n) is 9.88. The highest BCUT2D eigenvalue weighted by molar-refractivity contribution is 5.11. The van der Waals surface area contributed by atoms with Gasteiger partial charge in [-0.25, -0.2) is 0 Å². The highest BCUT2D eigenvalue weighted by atomic mass is 14.0. The molecule has 0 saturated carbocycles.